The SMILES string of the molecule is NC(=O)CCCC(=O)Nc1nnc(CCCCc2nnc(NC(=O)Cc3ccccc3)s2)s1. The average molecular weight is 488 g/mol. The van der Waals surface area contributed by atoms with Crippen LogP contribution < -0.4 is 16.4 Å². The molecule has 0 aliphatic heterocycles. The summed E-state index contributed by atoms with van der Waals surface area (Å²) in [7, 11) is 0. The van der Waals surface area contributed by atoms with Crippen LogP contribution in [0.2, 0.25) is 0 Å². The second-order valence-corrected chi connectivity index (χ2v) is 9.41. The van der Waals surface area contributed by atoms with E-state index in [1.807, 2.05) is 30.3 Å². The molecule has 0 bridgehead atoms. The quantitative estimate of drug-likeness (QED) is 0.313. The molecular weight excluding hydrogens is 462 g/mol. The fraction of sp³-hybridized carbons (Fsp3) is 0.381. The Morgan fingerprint density at radius 1 is 0.758 bits per heavy atom. The number of primary amides is 1. The molecule has 12 heteroatoms. The molecule has 4 N–H and O–H groups in total. The first-order chi connectivity index (χ1) is 16.0. The van der Waals surface area contributed by atoms with Crippen molar-refractivity contribution in [3.8, 4) is 0 Å². The van der Waals surface area contributed by atoms with Crippen molar-refractivity contribution in [3.05, 3.63) is 45.9 Å². The number of amides is 3. The van der Waals surface area contributed by atoms with E-state index in [-0.39, 0.29) is 24.7 Å². The summed E-state index contributed by atoms with van der Waals surface area (Å²) in [6, 6.07) is 9.54. The Balaban J connectivity index is 1.33. The van der Waals surface area contributed by atoms with Gasteiger partial charge in [-0.25, -0.2) is 0 Å². The summed E-state index contributed by atoms with van der Waals surface area (Å²) < 4.78 is 0. The van der Waals surface area contributed by atoms with Crippen LogP contribution in [0.5, 0.6) is 0 Å². The van der Waals surface area contributed by atoms with Gasteiger partial charge in [0.25, 0.3) is 0 Å². The van der Waals surface area contributed by atoms with Crippen molar-refractivity contribution in [3.63, 3.8) is 0 Å². The van der Waals surface area contributed by atoms with Crippen LogP contribution in [-0.4, -0.2) is 38.1 Å². The number of benzene rings is 1. The van der Waals surface area contributed by atoms with Gasteiger partial charge in [-0.05, 0) is 24.8 Å². The minimum absolute atomic E-state index is 0.115. The number of nitrogens with zero attached hydrogens (tertiary/aromatic N) is 4. The molecule has 3 aromatic rings. The third-order valence-electron chi connectivity index (χ3n) is 4.49. The fourth-order valence-electron chi connectivity index (χ4n) is 2.91. The first-order valence-electron chi connectivity index (χ1n) is 10.5. The van der Waals surface area contributed by atoms with Crippen molar-refractivity contribution in [2.24, 2.45) is 5.73 Å². The van der Waals surface area contributed by atoms with E-state index in [0.29, 0.717) is 23.1 Å². The fourth-order valence-corrected chi connectivity index (χ4v) is 4.51. The van der Waals surface area contributed by atoms with Crippen LogP contribution >= 0.6 is 22.7 Å². The lowest BCUT2D eigenvalue weighted by Crippen LogP contribution is -2.14. The number of anilines is 2. The van der Waals surface area contributed by atoms with E-state index in [0.717, 1.165) is 41.3 Å². The molecule has 2 aromatic heterocycles. The number of nitrogens with two attached hydrogens (primary N) is 1. The number of carbonyl (C=O) groups excluding carboxylic acids is 3. The molecule has 0 atom stereocenters. The van der Waals surface area contributed by atoms with Gasteiger partial charge in [0.15, 0.2) is 0 Å². The lowest BCUT2D eigenvalue weighted by atomic mass is 10.1. The normalized spacial score (nSPS) is 10.7. The maximum absolute atomic E-state index is 12.1. The molecule has 0 unspecified atom stereocenters. The Kier molecular flexibility index (Phi) is 9.39. The first kappa shape index (κ1) is 24.4. The van der Waals surface area contributed by atoms with Gasteiger partial charge in [-0.1, -0.05) is 53.0 Å². The van der Waals surface area contributed by atoms with Crippen molar-refractivity contribution in [1.82, 2.24) is 20.4 Å². The Bertz CT molecular complexity index is 1070. The number of hydrogen-bond donors (Lipinski definition) is 3. The molecule has 2 heterocycles. The van der Waals surface area contributed by atoms with Crippen molar-refractivity contribution >= 4 is 50.7 Å². The van der Waals surface area contributed by atoms with E-state index >= 15 is 0 Å². The van der Waals surface area contributed by atoms with Crippen LogP contribution in [0.1, 0.15) is 47.7 Å². The maximum atomic E-state index is 12.1. The van der Waals surface area contributed by atoms with Gasteiger partial charge in [-0.15, -0.1) is 20.4 Å². The molecule has 0 aliphatic rings. The predicted molar refractivity (Wildman–Crippen MR) is 127 cm³/mol. The van der Waals surface area contributed by atoms with Gasteiger partial charge in [0, 0.05) is 25.7 Å². The van der Waals surface area contributed by atoms with Crippen LogP contribution in [0.15, 0.2) is 30.3 Å². The Hall–Kier alpha value is -3.25. The average Bonchev–Trinajstić information content (AvgIpc) is 3.41. The zero-order chi connectivity index (χ0) is 23.5. The maximum Gasteiger partial charge on any atom is 0.230 e. The lowest BCUT2D eigenvalue weighted by molar-refractivity contribution is -0.119. The van der Waals surface area contributed by atoms with E-state index in [9.17, 15) is 14.4 Å². The summed E-state index contributed by atoms with van der Waals surface area (Å²) in [5, 5.41) is 24.4. The van der Waals surface area contributed by atoms with Gasteiger partial charge < -0.3 is 16.4 Å². The highest BCUT2D eigenvalue weighted by Gasteiger charge is 2.11. The van der Waals surface area contributed by atoms with Gasteiger partial charge in [0.1, 0.15) is 10.0 Å². The second-order valence-electron chi connectivity index (χ2n) is 7.29. The number of aryl methyl sites for hydroxylation is 2. The molecule has 33 heavy (non-hydrogen) atoms. The summed E-state index contributed by atoms with van der Waals surface area (Å²) in [5.41, 5.74) is 6.01. The second kappa shape index (κ2) is 12.7. The third kappa shape index (κ3) is 9.02. The van der Waals surface area contributed by atoms with Crippen molar-refractivity contribution < 1.29 is 14.4 Å². The Labute approximate surface area is 199 Å². The summed E-state index contributed by atoms with van der Waals surface area (Å²) in [4.78, 5) is 34.7. The number of unbranched alkanes of at least 4 members (excludes halogenated alkanes) is 1. The molecule has 174 valence electrons. The van der Waals surface area contributed by atoms with Gasteiger partial charge in [0.2, 0.25) is 28.0 Å². The van der Waals surface area contributed by atoms with Crippen LogP contribution in [0.25, 0.3) is 0 Å². The minimum atomic E-state index is -0.418. The topological polar surface area (TPSA) is 153 Å². The van der Waals surface area contributed by atoms with Crippen LogP contribution in [-0.2, 0) is 33.6 Å². The highest BCUT2D eigenvalue weighted by atomic mass is 32.1. The van der Waals surface area contributed by atoms with Crippen molar-refractivity contribution in [2.45, 2.75) is 51.4 Å². The molecule has 0 fully saturated rings. The molecule has 10 nitrogen and oxygen atoms in total. The summed E-state index contributed by atoms with van der Waals surface area (Å²) in [6.45, 7) is 0. The molecule has 0 saturated heterocycles. The van der Waals surface area contributed by atoms with E-state index in [1.54, 1.807) is 0 Å². The molecular formula is C21H25N7O3S2. The molecule has 0 spiro atoms. The first-order valence-corrected chi connectivity index (χ1v) is 12.2. The van der Waals surface area contributed by atoms with Gasteiger partial charge in [-0.3, -0.25) is 14.4 Å². The van der Waals surface area contributed by atoms with E-state index in [4.69, 9.17) is 5.73 Å². The summed E-state index contributed by atoms with van der Waals surface area (Å²) in [5.74, 6) is -0.739. The highest BCUT2D eigenvalue weighted by Crippen LogP contribution is 2.20. The van der Waals surface area contributed by atoms with Gasteiger partial charge in [-0.2, -0.15) is 0 Å². The largest absolute Gasteiger partial charge is 0.370 e. The number of nitrogens with one attached hydrogen (secondary N) is 2. The van der Waals surface area contributed by atoms with E-state index in [2.05, 4.69) is 31.0 Å². The van der Waals surface area contributed by atoms with Crippen LogP contribution in [0.4, 0.5) is 10.3 Å². The number of carbonyl (C=O) groups is 3. The number of rotatable bonds is 13. The van der Waals surface area contributed by atoms with Crippen LogP contribution in [0.3, 0.4) is 0 Å². The third-order valence-corrected chi connectivity index (χ3v) is 6.29. The molecule has 3 rings (SSSR count). The van der Waals surface area contributed by atoms with Gasteiger partial charge in [0.05, 0.1) is 6.42 Å². The summed E-state index contributed by atoms with van der Waals surface area (Å²) in [6.07, 6.45) is 4.39. The monoisotopic (exact) mass is 487 g/mol. The number of hydrogen-bond acceptors (Lipinski definition) is 9. The van der Waals surface area contributed by atoms with Gasteiger partial charge >= 0.3 is 0 Å². The minimum Gasteiger partial charge on any atom is -0.370 e. The molecule has 0 saturated carbocycles. The predicted octanol–water partition coefficient (Wildman–Crippen LogP) is 2.73. The molecule has 0 aliphatic carbocycles. The molecule has 3 amide bonds. The van der Waals surface area contributed by atoms with Crippen molar-refractivity contribution in [2.75, 3.05) is 10.6 Å². The van der Waals surface area contributed by atoms with Crippen LogP contribution in [0, 0.1) is 0 Å². The standard InChI is InChI=1S/C21H25N7O3S2/c22-15(29)9-6-10-16(30)23-20-27-25-18(32-20)11-4-5-12-19-26-28-21(33-19)24-17(31)13-14-7-2-1-3-8-14/h1-3,7-8H,4-6,9-13H2,(H2,22,29)(H,23,27,30)(H,24,28,31). The van der Waals surface area contributed by atoms with E-state index in [1.165, 1.54) is 22.7 Å². The van der Waals surface area contributed by atoms with E-state index < -0.39 is 5.91 Å². The molecule has 0 radical (unpaired) electrons. The molecule has 1 aromatic carbocycles. The highest BCUT2D eigenvalue weighted by molar-refractivity contribution is 7.15. The summed E-state index contributed by atoms with van der Waals surface area (Å²) >= 11 is 2.72. The Morgan fingerprint density at radius 2 is 1.33 bits per heavy atom. The lowest BCUT2D eigenvalue weighted by Gasteiger charge is -2.00. The number of aromatic nitrogens is 4. The smallest absolute Gasteiger partial charge is 0.230 e. The van der Waals surface area contributed by atoms with Crippen molar-refractivity contribution in [1.29, 1.82) is 0 Å². The zero-order valence-corrected chi connectivity index (χ0v) is 19.6. The Morgan fingerprint density at radius 3 is 1.91 bits per heavy atom. The zero-order valence-electron chi connectivity index (χ0n) is 18.0.